The molecule has 0 bridgehead atoms. The maximum atomic E-state index is 13.8. The van der Waals surface area contributed by atoms with Crippen LogP contribution in [-0.4, -0.2) is 25.2 Å². The molecule has 1 saturated heterocycles. The fourth-order valence-electron chi connectivity index (χ4n) is 2.88. The average molecular weight is 322 g/mol. The fraction of sp³-hybridized carbons (Fsp3) is 0.500. The molecule has 3 rings (SSSR count). The fourth-order valence-corrected chi connectivity index (χ4v) is 3.30. The number of hydrogen-bond donors (Lipinski definition) is 1. The van der Waals surface area contributed by atoms with Crippen molar-refractivity contribution in [2.75, 3.05) is 18.0 Å². The van der Waals surface area contributed by atoms with E-state index in [1.807, 2.05) is 6.07 Å². The molecule has 0 saturated carbocycles. The van der Waals surface area contributed by atoms with Crippen molar-refractivity contribution in [1.29, 1.82) is 0 Å². The summed E-state index contributed by atoms with van der Waals surface area (Å²) in [4.78, 5) is 2.36. The zero-order valence-corrected chi connectivity index (χ0v) is 11.9. The highest BCUT2D eigenvalue weighted by atomic mass is 79.9. The van der Waals surface area contributed by atoms with Gasteiger partial charge in [0.2, 0.25) is 0 Å². The molecule has 0 spiro atoms. The molecular weight excluding hydrogens is 307 g/mol. The second-order valence-electron chi connectivity index (χ2n) is 4.66. The molecule has 2 heterocycles. The minimum absolute atomic E-state index is 0. The van der Waals surface area contributed by atoms with Crippen molar-refractivity contribution in [2.45, 2.75) is 25.4 Å². The summed E-state index contributed by atoms with van der Waals surface area (Å²) in [6.07, 6.45) is 0.825. The molecule has 0 radical (unpaired) electrons. The van der Waals surface area contributed by atoms with Gasteiger partial charge in [-0.1, -0.05) is 15.9 Å². The molecule has 0 aliphatic carbocycles. The summed E-state index contributed by atoms with van der Waals surface area (Å²) in [5.74, 6) is -0.0778. The average Bonchev–Trinajstić information content (AvgIpc) is 2.58. The van der Waals surface area contributed by atoms with Crippen molar-refractivity contribution in [3.8, 4) is 0 Å². The Kier molecular flexibility index (Phi) is 3.66. The first kappa shape index (κ1) is 13.1. The van der Waals surface area contributed by atoms with Crippen molar-refractivity contribution < 1.29 is 4.39 Å². The Balaban J connectivity index is 0.00000108. The minimum atomic E-state index is -0.0778. The first-order chi connectivity index (χ1) is 7.66. The number of rotatable bonds is 0. The van der Waals surface area contributed by atoms with Crippen LogP contribution >= 0.6 is 28.3 Å². The highest BCUT2D eigenvalue weighted by Crippen LogP contribution is 2.38. The van der Waals surface area contributed by atoms with E-state index in [-0.39, 0.29) is 18.2 Å². The molecule has 2 aliphatic rings. The van der Waals surface area contributed by atoms with E-state index in [1.165, 1.54) is 0 Å². The van der Waals surface area contributed by atoms with E-state index in [0.717, 1.165) is 35.2 Å². The van der Waals surface area contributed by atoms with Gasteiger partial charge in [-0.15, -0.1) is 12.4 Å². The lowest BCUT2D eigenvalue weighted by atomic mass is 10.1. The number of nitrogens with one attached hydrogen (secondary N) is 1. The predicted molar refractivity (Wildman–Crippen MR) is 73.7 cm³/mol. The Morgan fingerprint density at radius 3 is 2.94 bits per heavy atom. The molecule has 1 aromatic rings. The molecule has 2 aliphatic heterocycles. The van der Waals surface area contributed by atoms with Crippen LogP contribution in [0.2, 0.25) is 0 Å². The van der Waals surface area contributed by atoms with E-state index in [4.69, 9.17) is 0 Å². The third kappa shape index (κ3) is 2.07. The number of nitrogens with zero attached hydrogens (tertiary/aromatic N) is 1. The van der Waals surface area contributed by atoms with Crippen LogP contribution in [0.3, 0.4) is 0 Å². The van der Waals surface area contributed by atoms with Crippen LogP contribution in [0.1, 0.15) is 12.5 Å². The van der Waals surface area contributed by atoms with Gasteiger partial charge in [-0.25, -0.2) is 4.39 Å². The lowest BCUT2D eigenvalue weighted by Crippen LogP contribution is -2.54. The van der Waals surface area contributed by atoms with Gasteiger partial charge in [0.1, 0.15) is 5.82 Å². The smallest absolute Gasteiger partial charge is 0.129 e. The molecule has 1 fully saturated rings. The molecule has 0 aromatic heterocycles. The van der Waals surface area contributed by atoms with Crippen LogP contribution < -0.4 is 10.2 Å². The number of piperazine rings is 1. The quantitative estimate of drug-likeness (QED) is 0.790. The number of hydrogen-bond acceptors (Lipinski definition) is 2. The van der Waals surface area contributed by atoms with Gasteiger partial charge in [0.05, 0.1) is 0 Å². The highest BCUT2D eigenvalue weighted by Gasteiger charge is 2.36. The van der Waals surface area contributed by atoms with Crippen LogP contribution in [-0.2, 0) is 6.42 Å². The van der Waals surface area contributed by atoms with Gasteiger partial charge in [0.25, 0.3) is 0 Å². The Morgan fingerprint density at radius 1 is 1.41 bits per heavy atom. The van der Waals surface area contributed by atoms with E-state index in [9.17, 15) is 4.39 Å². The number of fused-ring (bicyclic) bond motifs is 3. The SMILES string of the molecule is CC1CNCC2Cc3c(F)cc(Br)cc3N12.Cl. The van der Waals surface area contributed by atoms with Crippen LogP contribution in [0, 0.1) is 5.82 Å². The predicted octanol–water partition coefficient (Wildman–Crippen LogP) is 2.73. The summed E-state index contributed by atoms with van der Waals surface area (Å²) in [5.41, 5.74) is 1.95. The van der Waals surface area contributed by atoms with Gasteiger partial charge in [-0.2, -0.15) is 0 Å². The molecule has 17 heavy (non-hydrogen) atoms. The summed E-state index contributed by atoms with van der Waals surface area (Å²) in [6, 6.07) is 4.46. The van der Waals surface area contributed by atoms with Gasteiger partial charge in [-0.05, 0) is 25.5 Å². The summed E-state index contributed by atoms with van der Waals surface area (Å²) in [7, 11) is 0. The Labute approximate surface area is 115 Å². The molecule has 5 heteroatoms. The van der Waals surface area contributed by atoms with E-state index >= 15 is 0 Å². The second kappa shape index (κ2) is 4.75. The van der Waals surface area contributed by atoms with Crippen molar-refractivity contribution in [3.63, 3.8) is 0 Å². The summed E-state index contributed by atoms with van der Waals surface area (Å²) < 4.78 is 14.7. The molecule has 1 N–H and O–H groups in total. The standard InChI is InChI=1S/C12H14BrFN2.ClH/c1-7-5-15-6-9-4-10-11(14)2-8(13)3-12(10)16(7)9;/h2-3,7,9,15H,4-6H2,1H3;1H. The van der Waals surface area contributed by atoms with Gasteiger partial charge >= 0.3 is 0 Å². The maximum absolute atomic E-state index is 13.8. The van der Waals surface area contributed by atoms with Crippen molar-refractivity contribution in [2.24, 2.45) is 0 Å². The summed E-state index contributed by atoms with van der Waals surface area (Å²) in [5, 5.41) is 3.40. The molecule has 1 aromatic carbocycles. The van der Waals surface area contributed by atoms with E-state index in [1.54, 1.807) is 6.07 Å². The van der Waals surface area contributed by atoms with Crippen LogP contribution in [0.4, 0.5) is 10.1 Å². The Bertz CT molecular complexity index is 441. The van der Waals surface area contributed by atoms with Crippen molar-refractivity contribution in [1.82, 2.24) is 5.32 Å². The molecule has 94 valence electrons. The van der Waals surface area contributed by atoms with Gasteiger partial charge < -0.3 is 10.2 Å². The number of benzene rings is 1. The normalized spacial score (nSPS) is 26.2. The van der Waals surface area contributed by atoms with Crippen LogP contribution in [0.25, 0.3) is 0 Å². The Hall–Kier alpha value is -0.320. The Morgan fingerprint density at radius 2 is 2.18 bits per heavy atom. The van der Waals surface area contributed by atoms with Crippen LogP contribution in [0.15, 0.2) is 16.6 Å². The molecule has 2 nitrogen and oxygen atoms in total. The number of anilines is 1. The summed E-state index contributed by atoms with van der Waals surface area (Å²) >= 11 is 3.37. The zero-order valence-electron chi connectivity index (χ0n) is 9.54. The lowest BCUT2D eigenvalue weighted by Gasteiger charge is -2.38. The van der Waals surface area contributed by atoms with Crippen LogP contribution in [0.5, 0.6) is 0 Å². The summed E-state index contributed by atoms with van der Waals surface area (Å²) in [6.45, 7) is 4.12. The van der Waals surface area contributed by atoms with Gasteiger partial charge in [0.15, 0.2) is 0 Å². The van der Waals surface area contributed by atoms with E-state index in [0.29, 0.717) is 12.1 Å². The first-order valence-corrected chi connectivity index (χ1v) is 6.43. The van der Waals surface area contributed by atoms with Crippen molar-refractivity contribution in [3.05, 3.63) is 28.0 Å². The van der Waals surface area contributed by atoms with E-state index < -0.39 is 0 Å². The topological polar surface area (TPSA) is 15.3 Å². The second-order valence-corrected chi connectivity index (χ2v) is 5.57. The number of halogens is 3. The molecule has 2 atom stereocenters. The largest absolute Gasteiger partial charge is 0.363 e. The monoisotopic (exact) mass is 320 g/mol. The third-order valence-electron chi connectivity index (χ3n) is 3.54. The third-order valence-corrected chi connectivity index (χ3v) is 4.00. The van der Waals surface area contributed by atoms with Gasteiger partial charge in [0, 0.05) is 40.9 Å². The molecule has 2 unspecified atom stereocenters. The first-order valence-electron chi connectivity index (χ1n) is 5.64. The highest BCUT2D eigenvalue weighted by molar-refractivity contribution is 9.10. The zero-order chi connectivity index (χ0) is 11.3. The lowest BCUT2D eigenvalue weighted by molar-refractivity contribution is 0.429. The van der Waals surface area contributed by atoms with Gasteiger partial charge in [-0.3, -0.25) is 0 Å². The molecular formula is C12H15BrClFN2. The molecule has 0 amide bonds. The van der Waals surface area contributed by atoms with E-state index in [2.05, 4.69) is 33.1 Å². The maximum Gasteiger partial charge on any atom is 0.129 e. The minimum Gasteiger partial charge on any atom is -0.363 e. The van der Waals surface area contributed by atoms with Crippen molar-refractivity contribution >= 4 is 34.0 Å².